The third kappa shape index (κ3) is 3.77. The van der Waals surface area contributed by atoms with Crippen molar-refractivity contribution in [2.45, 2.75) is 26.7 Å². The molecule has 0 unspecified atom stereocenters. The third-order valence-electron chi connectivity index (χ3n) is 3.04. The fourth-order valence-corrected chi connectivity index (χ4v) is 2.37. The van der Waals surface area contributed by atoms with Crippen molar-refractivity contribution in [2.75, 3.05) is 6.54 Å². The Morgan fingerprint density at radius 3 is 2.85 bits per heavy atom. The molecule has 0 aliphatic rings. The molecule has 0 saturated carbocycles. The van der Waals surface area contributed by atoms with Crippen LogP contribution in [0.15, 0.2) is 22.9 Å². The molecule has 1 atom stereocenters. The number of hydrogen-bond acceptors (Lipinski definition) is 5. The van der Waals surface area contributed by atoms with Crippen LogP contribution in [0.5, 0.6) is 0 Å². The third-order valence-corrected chi connectivity index (χ3v) is 3.34. The molecule has 0 amide bonds. The van der Waals surface area contributed by atoms with E-state index in [9.17, 15) is 0 Å². The monoisotopic (exact) mass is 294 g/mol. The van der Waals surface area contributed by atoms with Crippen LogP contribution in [0.4, 0.5) is 0 Å². The van der Waals surface area contributed by atoms with Gasteiger partial charge in [0, 0.05) is 12.6 Å². The minimum absolute atomic E-state index is 0.350. The topological polar surface area (TPSA) is 77.8 Å². The predicted octanol–water partition coefficient (Wildman–Crippen LogP) is 2.95. The van der Waals surface area contributed by atoms with Crippen LogP contribution in [-0.2, 0) is 6.42 Å². The second-order valence-corrected chi connectivity index (χ2v) is 5.69. The summed E-state index contributed by atoms with van der Waals surface area (Å²) in [6.45, 7) is 4.96. The van der Waals surface area contributed by atoms with Crippen molar-refractivity contribution in [3.8, 4) is 11.5 Å². The fourth-order valence-electron chi connectivity index (χ4n) is 2.16. The van der Waals surface area contributed by atoms with Crippen molar-refractivity contribution in [1.82, 2.24) is 15.1 Å². The van der Waals surface area contributed by atoms with Crippen LogP contribution in [0, 0.1) is 11.8 Å². The largest absolute Gasteiger partial charge is 0.339 e. The van der Waals surface area contributed by atoms with E-state index in [1.54, 1.807) is 18.3 Å². The van der Waals surface area contributed by atoms with Crippen LogP contribution < -0.4 is 5.73 Å². The first kappa shape index (κ1) is 14.9. The van der Waals surface area contributed by atoms with Crippen LogP contribution in [0.25, 0.3) is 11.5 Å². The quantitative estimate of drug-likeness (QED) is 0.886. The number of hydrogen-bond donors (Lipinski definition) is 1. The lowest BCUT2D eigenvalue weighted by Gasteiger charge is -2.14. The van der Waals surface area contributed by atoms with Gasteiger partial charge >= 0.3 is 0 Å². The lowest BCUT2D eigenvalue weighted by atomic mass is 9.94. The highest BCUT2D eigenvalue weighted by Gasteiger charge is 2.17. The van der Waals surface area contributed by atoms with E-state index in [1.165, 1.54) is 0 Å². The van der Waals surface area contributed by atoms with Gasteiger partial charge in [-0.25, -0.2) is 0 Å². The lowest BCUT2D eigenvalue weighted by molar-refractivity contribution is 0.332. The van der Waals surface area contributed by atoms with Gasteiger partial charge in [0.15, 0.2) is 0 Å². The minimum atomic E-state index is 0.350. The Hall–Kier alpha value is -1.46. The van der Waals surface area contributed by atoms with E-state index in [-0.39, 0.29) is 0 Å². The first-order chi connectivity index (χ1) is 9.60. The fraction of sp³-hybridized carbons (Fsp3) is 0.500. The average molecular weight is 295 g/mol. The summed E-state index contributed by atoms with van der Waals surface area (Å²) in [5, 5.41) is 4.45. The van der Waals surface area contributed by atoms with E-state index in [1.807, 2.05) is 0 Å². The second-order valence-electron chi connectivity index (χ2n) is 5.28. The molecule has 0 spiro atoms. The molecule has 2 N–H and O–H groups in total. The van der Waals surface area contributed by atoms with Gasteiger partial charge in [-0.15, -0.1) is 0 Å². The van der Waals surface area contributed by atoms with E-state index in [4.69, 9.17) is 21.9 Å². The van der Waals surface area contributed by atoms with E-state index < -0.39 is 0 Å². The number of pyridine rings is 1. The van der Waals surface area contributed by atoms with Gasteiger partial charge in [-0.3, -0.25) is 4.98 Å². The van der Waals surface area contributed by atoms with Gasteiger partial charge in [-0.05, 0) is 36.9 Å². The summed E-state index contributed by atoms with van der Waals surface area (Å²) < 4.78 is 5.27. The maximum atomic E-state index is 6.07. The molecule has 0 fully saturated rings. The molecule has 0 radical (unpaired) electrons. The molecule has 0 saturated heterocycles. The standard InChI is InChI=1S/C14H19ClN4O/c1-9(2)6-10(8-16)7-12-18-14(19-20-12)13-11(15)4-3-5-17-13/h3-5,9-10H,6-8,16H2,1-2H3/t10-/m0/s1. The van der Waals surface area contributed by atoms with Crippen molar-refractivity contribution >= 4 is 11.6 Å². The van der Waals surface area contributed by atoms with Crippen LogP contribution in [-0.4, -0.2) is 21.7 Å². The number of nitrogens with zero attached hydrogens (tertiary/aromatic N) is 3. The average Bonchev–Trinajstić information content (AvgIpc) is 2.86. The molecule has 0 aromatic carbocycles. The van der Waals surface area contributed by atoms with Gasteiger partial charge in [0.1, 0.15) is 5.69 Å². The van der Waals surface area contributed by atoms with Crippen molar-refractivity contribution in [3.05, 3.63) is 29.2 Å². The number of aromatic nitrogens is 3. The van der Waals surface area contributed by atoms with Crippen molar-refractivity contribution < 1.29 is 4.52 Å². The Morgan fingerprint density at radius 1 is 1.40 bits per heavy atom. The molecule has 2 aromatic heterocycles. The highest BCUT2D eigenvalue weighted by atomic mass is 35.5. The second kappa shape index (κ2) is 6.81. The first-order valence-electron chi connectivity index (χ1n) is 6.73. The summed E-state index contributed by atoms with van der Waals surface area (Å²) in [7, 11) is 0. The first-order valence-corrected chi connectivity index (χ1v) is 7.11. The Kier molecular flexibility index (Phi) is 5.09. The molecule has 2 aromatic rings. The van der Waals surface area contributed by atoms with E-state index in [2.05, 4.69) is 29.0 Å². The molecule has 20 heavy (non-hydrogen) atoms. The molecule has 6 heteroatoms. The summed E-state index contributed by atoms with van der Waals surface area (Å²) in [5.74, 6) is 1.95. The van der Waals surface area contributed by atoms with Crippen LogP contribution in [0.2, 0.25) is 5.02 Å². The number of halogens is 1. The van der Waals surface area contributed by atoms with Gasteiger partial charge in [-0.2, -0.15) is 4.98 Å². The van der Waals surface area contributed by atoms with E-state index in [0.29, 0.717) is 47.2 Å². The minimum Gasteiger partial charge on any atom is -0.339 e. The highest BCUT2D eigenvalue weighted by molar-refractivity contribution is 6.32. The van der Waals surface area contributed by atoms with Gasteiger partial charge < -0.3 is 10.3 Å². The van der Waals surface area contributed by atoms with E-state index in [0.717, 1.165) is 6.42 Å². The molecular weight excluding hydrogens is 276 g/mol. The van der Waals surface area contributed by atoms with Crippen molar-refractivity contribution in [3.63, 3.8) is 0 Å². The Bertz CT molecular complexity index is 556. The Morgan fingerprint density at radius 2 is 2.20 bits per heavy atom. The molecule has 108 valence electrons. The lowest BCUT2D eigenvalue weighted by Crippen LogP contribution is -2.19. The predicted molar refractivity (Wildman–Crippen MR) is 78.2 cm³/mol. The number of nitrogens with two attached hydrogens (primary N) is 1. The number of rotatable bonds is 6. The molecule has 2 heterocycles. The van der Waals surface area contributed by atoms with Gasteiger partial charge in [0.25, 0.3) is 0 Å². The van der Waals surface area contributed by atoms with Crippen LogP contribution in [0.1, 0.15) is 26.2 Å². The van der Waals surface area contributed by atoms with Crippen molar-refractivity contribution in [2.24, 2.45) is 17.6 Å². The van der Waals surface area contributed by atoms with Crippen LogP contribution >= 0.6 is 11.6 Å². The smallest absolute Gasteiger partial charge is 0.227 e. The summed E-state index contributed by atoms with van der Waals surface area (Å²) in [6.07, 6.45) is 3.38. The molecule has 0 aliphatic carbocycles. The van der Waals surface area contributed by atoms with Gasteiger partial charge in [0.05, 0.1) is 5.02 Å². The van der Waals surface area contributed by atoms with E-state index >= 15 is 0 Å². The molecular formula is C14H19ClN4O. The van der Waals surface area contributed by atoms with Gasteiger partial charge in [-0.1, -0.05) is 30.6 Å². The molecule has 2 rings (SSSR count). The molecule has 5 nitrogen and oxygen atoms in total. The zero-order chi connectivity index (χ0) is 14.5. The van der Waals surface area contributed by atoms with Gasteiger partial charge in [0.2, 0.25) is 11.7 Å². The summed E-state index contributed by atoms with van der Waals surface area (Å²) >= 11 is 6.07. The summed E-state index contributed by atoms with van der Waals surface area (Å²) in [5.41, 5.74) is 6.33. The normalized spacial score (nSPS) is 12.8. The SMILES string of the molecule is CC(C)C[C@H](CN)Cc1nc(-c2ncccc2Cl)no1. The zero-order valence-corrected chi connectivity index (χ0v) is 12.5. The zero-order valence-electron chi connectivity index (χ0n) is 11.7. The maximum Gasteiger partial charge on any atom is 0.227 e. The Labute approximate surface area is 123 Å². The summed E-state index contributed by atoms with van der Waals surface area (Å²) in [6, 6.07) is 3.52. The highest BCUT2D eigenvalue weighted by Crippen LogP contribution is 2.23. The van der Waals surface area contributed by atoms with Crippen LogP contribution in [0.3, 0.4) is 0 Å². The Balaban J connectivity index is 2.11. The van der Waals surface area contributed by atoms with Crippen molar-refractivity contribution in [1.29, 1.82) is 0 Å². The maximum absolute atomic E-state index is 6.07. The molecule has 0 bridgehead atoms. The summed E-state index contributed by atoms with van der Waals surface area (Å²) in [4.78, 5) is 8.52. The molecule has 0 aliphatic heterocycles.